The fourth-order valence-electron chi connectivity index (χ4n) is 6.91. The number of epoxide rings is 1. The quantitative estimate of drug-likeness (QED) is 0.0602. The molecule has 0 aromatic carbocycles. The molecule has 238 valence electrons. The largest absolute Gasteiger partial charge is 0.475 e. The molecule has 0 aromatic rings. The lowest BCUT2D eigenvalue weighted by molar-refractivity contribution is -0.186. The van der Waals surface area contributed by atoms with Gasteiger partial charge in [0.2, 0.25) is 5.76 Å². The van der Waals surface area contributed by atoms with Gasteiger partial charge >= 0.3 is 5.97 Å². The van der Waals surface area contributed by atoms with Crippen molar-refractivity contribution in [2.24, 2.45) is 11.8 Å². The van der Waals surface area contributed by atoms with Crippen LogP contribution in [0.15, 0.2) is 35.1 Å². The number of ether oxygens (including phenoxy) is 5. The molecule has 4 rings (SSSR count). The number of rotatable bonds is 17. The first-order chi connectivity index (χ1) is 20.3. The van der Waals surface area contributed by atoms with E-state index >= 15 is 0 Å². The zero-order chi connectivity index (χ0) is 29.9. The van der Waals surface area contributed by atoms with Crippen molar-refractivity contribution < 1.29 is 33.6 Å². The third-order valence-electron chi connectivity index (χ3n) is 9.47. The lowest BCUT2D eigenvalue weighted by Crippen LogP contribution is -2.35. The number of carbonyl (C=O) groups is 1. The van der Waals surface area contributed by atoms with E-state index in [9.17, 15) is 9.90 Å². The summed E-state index contributed by atoms with van der Waals surface area (Å²) in [6.45, 7) is 11.8. The molecule has 4 fully saturated rings. The molecule has 1 N–H and O–H groups in total. The van der Waals surface area contributed by atoms with Crippen molar-refractivity contribution >= 4 is 5.97 Å². The zero-order valence-electron chi connectivity index (χ0n) is 26.5. The van der Waals surface area contributed by atoms with Crippen LogP contribution in [0.2, 0.25) is 0 Å². The Bertz CT molecular complexity index is 924. The lowest BCUT2D eigenvalue weighted by Gasteiger charge is -2.29. The Hall–Kier alpha value is -1.67. The molecule has 7 heteroatoms. The van der Waals surface area contributed by atoms with Crippen LogP contribution in [0.25, 0.3) is 0 Å². The molecule has 0 radical (unpaired) electrons. The minimum Gasteiger partial charge on any atom is -0.475 e. The van der Waals surface area contributed by atoms with Crippen molar-refractivity contribution in [1.29, 1.82) is 0 Å². The standard InChI is InChI=1S/C35H56O7/c1-24(2)15-9-7-5-6-8-10-16-27-20-19-25(3)28(27)23-29-34(40-29)32(41-30-17-11-13-21-38-30)26(4)33(35(36)37)42-31-18-12-14-22-39-31/h15,27-32,34H,3,5-14,16-23H2,1-2,4H3,(H,36,37)/t27-,28-,29+,30?,31?,32?,34?/m0/s1. The summed E-state index contributed by atoms with van der Waals surface area (Å²) in [5.74, 6) is -0.0642. The molecule has 42 heavy (non-hydrogen) atoms. The second-order valence-corrected chi connectivity index (χ2v) is 13.1. The monoisotopic (exact) mass is 588 g/mol. The number of carboxylic acid groups (broad SMARTS) is 1. The first kappa shape index (κ1) is 33.2. The highest BCUT2D eigenvalue weighted by Gasteiger charge is 2.50. The van der Waals surface area contributed by atoms with Gasteiger partial charge in [-0.1, -0.05) is 49.5 Å². The summed E-state index contributed by atoms with van der Waals surface area (Å²) >= 11 is 0. The van der Waals surface area contributed by atoms with Gasteiger partial charge in [-0.25, -0.2) is 4.79 Å². The maximum absolute atomic E-state index is 12.3. The van der Waals surface area contributed by atoms with Gasteiger partial charge in [-0.15, -0.1) is 0 Å². The van der Waals surface area contributed by atoms with E-state index in [1.165, 1.54) is 62.5 Å². The molecular weight excluding hydrogens is 532 g/mol. The van der Waals surface area contributed by atoms with Gasteiger partial charge in [0.25, 0.3) is 0 Å². The van der Waals surface area contributed by atoms with Gasteiger partial charge < -0.3 is 28.8 Å². The normalized spacial score (nSPS) is 30.9. The van der Waals surface area contributed by atoms with E-state index in [0.717, 1.165) is 44.9 Å². The van der Waals surface area contributed by atoms with Crippen molar-refractivity contribution in [3.05, 3.63) is 35.1 Å². The molecule has 3 heterocycles. The van der Waals surface area contributed by atoms with Crippen LogP contribution in [0.5, 0.6) is 0 Å². The first-order valence-electron chi connectivity index (χ1n) is 16.8. The van der Waals surface area contributed by atoms with Crippen molar-refractivity contribution in [2.75, 3.05) is 13.2 Å². The van der Waals surface area contributed by atoms with Gasteiger partial charge in [-0.2, -0.15) is 0 Å². The van der Waals surface area contributed by atoms with Crippen LogP contribution >= 0.6 is 0 Å². The number of allylic oxidation sites excluding steroid dienone is 3. The van der Waals surface area contributed by atoms with Crippen LogP contribution in [0.3, 0.4) is 0 Å². The van der Waals surface area contributed by atoms with Gasteiger partial charge in [0, 0.05) is 18.6 Å². The maximum atomic E-state index is 12.3. The fourth-order valence-corrected chi connectivity index (χ4v) is 6.91. The van der Waals surface area contributed by atoms with E-state index < -0.39 is 18.4 Å². The molecule has 0 amide bonds. The number of aliphatic carboxylic acids is 1. The highest BCUT2D eigenvalue weighted by Crippen LogP contribution is 2.46. The number of unbranched alkanes of at least 4 members (excludes halogenated alkanes) is 5. The van der Waals surface area contributed by atoms with Crippen LogP contribution in [0.1, 0.15) is 124 Å². The number of hydrogen-bond acceptors (Lipinski definition) is 6. The third kappa shape index (κ3) is 10.2. The second-order valence-electron chi connectivity index (χ2n) is 13.1. The summed E-state index contributed by atoms with van der Waals surface area (Å²) in [6.07, 6.45) is 18.4. The van der Waals surface area contributed by atoms with Gasteiger partial charge in [0.15, 0.2) is 12.6 Å². The Morgan fingerprint density at radius 3 is 2.33 bits per heavy atom. The Morgan fingerprint density at radius 2 is 1.67 bits per heavy atom. The molecule has 0 bridgehead atoms. The number of carboxylic acids is 1. The van der Waals surface area contributed by atoms with Crippen LogP contribution in [-0.4, -0.2) is 55.2 Å². The number of hydrogen-bond donors (Lipinski definition) is 1. The Morgan fingerprint density at radius 1 is 0.976 bits per heavy atom. The van der Waals surface area contributed by atoms with Crippen molar-refractivity contribution in [1.82, 2.24) is 0 Å². The van der Waals surface area contributed by atoms with Crippen LogP contribution in [0.4, 0.5) is 0 Å². The molecule has 7 nitrogen and oxygen atoms in total. The van der Waals surface area contributed by atoms with Crippen LogP contribution < -0.4 is 0 Å². The highest BCUT2D eigenvalue weighted by atomic mass is 16.7. The van der Waals surface area contributed by atoms with E-state index in [1.807, 2.05) is 0 Å². The predicted molar refractivity (Wildman–Crippen MR) is 164 cm³/mol. The Labute approximate surface area is 254 Å². The summed E-state index contributed by atoms with van der Waals surface area (Å²) in [5.41, 5.74) is 3.31. The zero-order valence-corrected chi connectivity index (χ0v) is 26.5. The van der Waals surface area contributed by atoms with E-state index in [0.29, 0.717) is 37.0 Å². The molecule has 4 unspecified atom stereocenters. The fraction of sp³-hybridized carbons (Fsp3) is 0.800. The molecule has 7 atom stereocenters. The Balaban J connectivity index is 1.34. The molecule has 0 aromatic heterocycles. The lowest BCUT2D eigenvalue weighted by atomic mass is 9.85. The second kappa shape index (κ2) is 17.0. The molecule has 0 spiro atoms. The molecule has 1 aliphatic carbocycles. The minimum atomic E-state index is -1.10. The predicted octanol–water partition coefficient (Wildman–Crippen LogP) is 8.24. The summed E-state index contributed by atoms with van der Waals surface area (Å²) in [7, 11) is 0. The molecule has 4 aliphatic rings. The van der Waals surface area contributed by atoms with Gasteiger partial charge in [0.1, 0.15) is 12.2 Å². The van der Waals surface area contributed by atoms with Crippen molar-refractivity contribution in [2.45, 2.75) is 154 Å². The van der Waals surface area contributed by atoms with Crippen molar-refractivity contribution in [3.8, 4) is 0 Å². The first-order valence-corrected chi connectivity index (χ1v) is 16.8. The van der Waals surface area contributed by atoms with Gasteiger partial charge in [-0.3, -0.25) is 0 Å². The highest BCUT2D eigenvalue weighted by molar-refractivity contribution is 5.85. The van der Waals surface area contributed by atoms with E-state index in [4.69, 9.17) is 23.7 Å². The topological polar surface area (TPSA) is 86.8 Å². The van der Waals surface area contributed by atoms with E-state index in [1.54, 1.807) is 6.92 Å². The van der Waals surface area contributed by atoms with E-state index in [2.05, 4.69) is 26.5 Å². The molecule has 3 aliphatic heterocycles. The molecule has 1 saturated carbocycles. The van der Waals surface area contributed by atoms with Crippen LogP contribution in [0, 0.1) is 11.8 Å². The molecule has 3 saturated heterocycles. The summed E-state index contributed by atoms with van der Waals surface area (Å²) < 4.78 is 30.3. The smallest absolute Gasteiger partial charge is 0.371 e. The van der Waals surface area contributed by atoms with Crippen LogP contribution in [-0.2, 0) is 28.5 Å². The summed E-state index contributed by atoms with van der Waals surface area (Å²) in [6, 6.07) is 0. The van der Waals surface area contributed by atoms with Crippen molar-refractivity contribution in [3.63, 3.8) is 0 Å². The maximum Gasteiger partial charge on any atom is 0.371 e. The van der Waals surface area contributed by atoms with Gasteiger partial charge in [-0.05, 0) is 103 Å². The average Bonchev–Trinajstić information content (AvgIpc) is 3.66. The summed E-state index contributed by atoms with van der Waals surface area (Å²) in [4.78, 5) is 12.3. The SMILES string of the molecule is C=C1CC[C@H](CCCCCCCC=C(C)C)[C@H]1C[C@H]1OC1C(OC1CCCCO1)C(C)=C(OC1CCCCO1)C(=O)O. The Kier molecular flexibility index (Phi) is 13.4. The average molecular weight is 589 g/mol. The van der Waals surface area contributed by atoms with Gasteiger partial charge in [0.05, 0.1) is 12.7 Å². The van der Waals surface area contributed by atoms with E-state index in [-0.39, 0.29) is 24.3 Å². The minimum absolute atomic E-state index is 0.0203. The third-order valence-corrected chi connectivity index (χ3v) is 9.47. The molecular formula is C35H56O7. The summed E-state index contributed by atoms with van der Waals surface area (Å²) in [5, 5.41) is 10.1.